The van der Waals surface area contributed by atoms with Gasteiger partial charge in [0.15, 0.2) is 0 Å². The van der Waals surface area contributed by atoms with Gasteiger partial charge in [-0.2, -0.15) is 0 Å². The van der Waals surface area contributed by atoms with Gasteiger partial charge in [0.2, 0.25) is 0 Å². The lowest BCUT2D eigenvalue weighted by atomic mass is 10.4. The van der Waals surface area contributed by atoms with Gasteiger partial charge < -0.3 is 4.57 Å². The molecule has 1 saturated heterocycles. The van der Waals surface area contributed by atoms with E-state index in [1.807, 2.05) is 6.20 Å². The van der Waals surface area contributed by atoms with Gasteiger partial charge in [-0.15, -0.1) is 0 Å². The summed E-state index contributed by atoms with van der Waals surface area (Å²) in [5.74, 6) is 1.21. The number of likely N-dealkylation sites (tertiary alicyclic amines) is 1. The first-order valence-corrected chi connectivity index (χ1v) is 5.51. The van der Waals surface area contributed by atoms with Crippen molar-refractivity contribution in [2.75, 3.05) is 13.1 Å². The molecule has 0 spiro atoms. The zero-order valence-corrected chi connectivity index (χ0v) is 9.11. The van der Waals surface area contributed by atoms with Crippen molar-refractivity contribution in [2.24, 2.45) is 0 Å². The molecule has 3 nitrogen and oxygen atoms in total. The molecule has 14 heavy (non-hydrogen) atoms. The SMILES string of the molecule is CC(C)n1ccnc1CN1CCCC1. The van der Waals surface area contributed by atoms with Crippen LogP contribution in [0, 0.1) is 0 Å². The maximum Gasteiger partial charge on any atom is 0.123 e. The van der Waals surface area contributed by atoms with E-state index in [2.05, 4.69) is 34.5 Å². The summed E-state index contributed by atoms with van der Waals surface area (Å²) >= 11 is 0. The highest BCUT2D eigenvalue weighted by molar-refractivity contribution is 4.94. The van der Waals surface area contributed by atoms with Crippen molar-refractivity contribution >= 4 is 0 Å². The van der Waals surface area contributed by atoms with E-state index in [0.717, 1.165) is 6.54 Å². The molecule has 2 rings (SSSR count). The predicted molar refractivity (Wildman–Crippen MR) is 57.1 cm³/mol. The number of hydrogen-bond donors (Lipinski definition) is 0. The molecule has 1 aromatic rings. The molecule has 1 aromatic heterocycles. The predicted octanol–water partition coefficient (Wildman–Crippen LogP) is 2.06. The Morgan fingerprint density at radius 1 is 1.36 bits per heavy atom. The molecule has 1 fully saturated rings. The van der Waals surface area contributed by atoms with Crippen LogP contribution >= 0.6 is 0 Å². The normalized spacial score (nSPS) is 18.2. The molecule has 0 aromatic carbocycles. The molecule has 0 saturated carbocycles. The van der Waals surface area contributed by atoms with Crippen molar-refractivity contribution in [3.05, 3.63) is 18.2 Å². The highest BCUT2D eigenvalue weighted by Crippen LogP contribution is 2.14. The smallest absolute Gasteiger partial charge is 0.123 e. The van der Waals surface area contributed by atoms with Gasteiger partial charge in [-0.25, -0.2) is 4.98 Å². The highest BCUT2D eigenvalue weighted by Gasteiger charge is 2.14. The average molecular weight is 193 g/mol. The van der Waals surface area contributed by atoms with E-state index in [1.165, 1.54) is 31.8 Å². The minimum atomic E-state index is 0.523. The van der Waals surface area contributed by atoms with Crippen molar-refractivity contribution < 1.29 is 0 Å². The fourth-order valence-electron chi connectivity index (χ4n) is 2.08. The van der Waals surface area contributed by atoms with Gasteiger partial charge in [-0.1, -0.05) is 0 Å². The molecule has 1 aliphatic rings. The van der Waals surface area contributed by atoms with Crippen LogP contribution in [0.1, 0.15) is 38.6 Å². The van der Waals surface area contributed by atoms with E-state index in [4.69, 9.17) is 0 Å². The molecule has 0 unspecified atom stereocenters. The van der Waals surface area contributed by atoms with Crippen LogP contribution in [-0.2, 0) is 6.54 Å². The van der Waals surface area contributed by atoms with E-state index < -0.39 is 0 Å². The summed E-state index contributed by atoms with van der Waals surface area (Å²) in [6, 6.07) is 0.523. The summed E-state index contributed by atoms with van der Waals surface area (Å²) in [5.41, 5.74) is 0. The molecule has 0 atom stereocenters. The van der Waals surface area contributed by atoms with Crippen molar-refractivity contribution in [1.82, 2.24) is 14.5 Å². The second-order valence-corrected chi connectivity index (χ2v) is 4.33. The Morgan fingerprint density at radius 3 is 2.71 bits per heavy atom. The molecule has 0 bridgehead atoms. The minimum absolute atomic E-state index is 0.523. The van der Waals surface area contributed by atoms with E-state index in [0.29, 0.717) is 6.04 Å². The van der Waals surface area contributed by atoms with Crippen LogP contribution in [0.4, 0.5) is 0 Å². The fourth-order valence-corrected chi connectivity index (χ4v) is 2.08. The lowest BCUT2D eigenvalue weighted by Crippen LogP contribution is -2.21. The van der Waals surface area contributed by atoms with E-state index in [9.17, 15) is 0 Å². The number of rotatable bonds is 3. The minimum Gasteiger partial charge on any atom is -0.331 e. The highest BCUT2D eigenvalue weighted by atomic mass is 15.2. The summed E-state index contributed by atoms with van der Waals surface area (Å²) in [7, 11) is 0. The van der Waals surface area contributed by atoms with Gasteiger partial charge in [0.1, 0.15) is 5.82 Å². The number of hydrogen-bond acceptors (Lipinski definition) is 2. The third-order valence-electron chi connectivity index (χ3n) is 2.87. The largest absolute Gasteiger partial charge is 0.331 e. The van der Waals surface area contributed by atoms with Crippen LogP contribution in [0.2, 0.25) is 0 Å². The summed E-state index contributed by atoms with van der Waals surface area (Å²) in [4.78, 5) is 6.91. The lowest BCUT2D eigenvalue weighted by molar-refractivity contribution is 0.313. The first-order valence-electron chi connectivity index (χ1n) is 5.51. The third-order valence-corrected chi connectivity index (χ3v) is 2.87. The molecule has 0 radical (unpaired) electrons. The first kappa shape index (κ1) is 9.71. The number of nitrogens with zero attached hydrogens (tertiary/aromatic N) is 3. The maximum absolute atomic E-state index is 4.42. The second-order valence-electron chi connectivity index (χ2n) is 4.33. The van der Waals surface area contributed by atoms with Crippen molar-refractivity contribution in [3.63, 3.8) is 0 Å². The van der Waals surface area contributed by atoms with Gasteiger partial charge in [0, 0.05) is 18.4 Å². The number of aromatic nitrogens is 2. The zero-order valence-electron chi connectivity index (χ0n) is 9.11. The molecule has 78 valence electrons. The van der Waals surface area contributed by atoms with Crippen molar-refractivity contribution in [3.8, 4) is 0 Å². The molecule has 2 heterocycles. The summed E-state index contributed by atoms with van der Waals surface area (Å²) in [6.45, 7) is 7.91. The Hall–Kier alpha value is -0.830. The van der Waals surface area contributed by atoms with E-state index >= 15 is 0 Å². The molecular formula is C11H19N3. The van der Waals surface area contributed by atoms with Gasteiger partial charge in [-0.3, -0.25) is 4.90 Å². The van der Waals surface area contributed by atoms with Gasteiger partial charge in [0.25, 0.3) is 0 Å². The summed E-state index contributed by atoms with van der Waals surface area (Å²) in [6.07, 6.45) is 6.69. The summed E-state index contributed by atoms with van der Waals surface area (Å²) in [5, 5.41) is 0. The van der Waals surface area contributed by atoms with E-state index in [-0.39, 0.29) is 0 Å². The number of imidazole rings is 1. The van der Waals surface area contributed by atoms with Crippen LogP contribution < -0.4 is 0 Å². The molecular weight excluding hydrogens is 174 g/mol. The van der Waals surface area contributed by atoms with Crippen LogP contribution in [0.5, 0.6) is 0 Å². The first-order chi connectivity index (χ1) is 6.77. The summed E-state index contributed by atoms with van der Waals surface area (Å²) < 4.78 is 2.26. The quantitative estimate of drug-likeness (QED) is 0.732. The van der Waals surface area contributed by atoms with Crippen LogP contribution in [-0.4, -0.2) is 27.5 Å². The zero-order chi connectivity index (χ0) is 9.97. The van der Waals surface area contributed by atoms with Gasteiger partial charge in [0.05, 0.1) is 6.54 Å². The monoisotopic (exact) mass is 193 g/mol. The Balaban J connectivity index is 2.04. The molecule has 0 N–H and O–H groups in total. The molecule has 1 aliphatic heterocycles. The van der Waals surface area contributed by atoms with Gasteiger partial charge in [-0.05, 0) is 39.8 Å². The average Bonchev–Trinajstić information content (AvgIpc) is 2.75. The van der Waals surface area contributed by atoms with Crippen LogP contribution in [0.25, 0.3) is 0 Å². The second kappa shape index (κ2) is 4.13. The van der Waals surface area contributed by atoms with E-state index in [1.54, 1.807) is 0 Å². The van der Waals surface area contributed by atoms with Crippen molar-refractivity contribution in [1.29, 1.82) is 0 Å². The Morgan fingerprint density at radius 2 is 2.07 bits per heavy atom. The standard InChI is InChI=1S/C11H19N3/c1-10(2)14-8-5-12-11(14)9-13-6-3-4-7-13/h5,8,10H,3-4,6-7,9H2,1-2H3. The third kappa shape index (κ3) is 1.98. The van der Waals surface area contributed by atoms with Crippen molar-refractivity contribution in [2.45, 2.75) is 39.3 Å². The van der Waals surface area contributed by atoms with Gasteiger partial charge >= 0.3 is 0 Å². The fraction of sp³-hybridized carbons (Fsp3) is 0.727. The van der Waals surface area contributed by atoms with Crippen LogP contribution in [0.15, 0.2) is 12.4 Å². The Labute approximate surface area is 85.7 Å². The Kier molecular flexibility index (Phi) is 2.87. The molecule has 0 amide bonds. The maximum atomic E-state index is 4.42. The molecule has 3 heteroatoms. The van der Waals surface area contributed by atoms with Crippen LogP contribution in [0.3, 0.4) is 0 Å². The Bertz CT molecular complexity index is 284. The topological polar surface area (TPSA) is 21.1 Å². The molecule has 0 aliphatic carbocycles. The lowest BCUT2D eigenvalue weighted by Gasteiger charge is -2.17.